The van der Waals surface area contributed by atoms with Gasteiger partial charge in [-0.25, -0.2) is 0 Å². The van der Waals surface area contributed by atoms with E-state index >= 15 is 0 Å². The van der Waals surface area contributed by atoms with E-state index in [1.165, 1.54) is 0 Å². The third kappa shape index (κ3) is 7.62. The maximum Gasteiger partial charge on any atom is 0.306 e. The number of nitrogens with zero attached hydrogens (tertiary/aromatic N) is 1. The molecule has 0 saturated carbocycles. The van der Waals surface area contributed by atoms with Crippen LogP contribution < -0.4 is 5.32 Å². The van der Waals surface area contributed by atoms with Crippen LogP contribution in [-0.2, 0) is 4.79 Å². The normalized spacial score (nSPS) is 15.4. The van der Waals surface area contributed by atoms with Crippen LogP contribution in [0.4, 0.5) is 0 Å². The van der Waals surface area contributed by atoms with Crippen LogP contribution in [0.2, 0.25) is 0 Å². The van der Waals surface area contributed by atoms with Crippen molar-refractivity contribution in [3.63, 3.8) is 0 Å². The number of nitrogens with one attached hydrogen (secondary N) is 1. The van der Waals surface area contributed by atoms with Crippen LogP contribution in [0.25, 0.3) is 0 Å². The first kappa shape index (κ1) is 15.3. The summed E-state index contributed by atoms with van der Waals surface area (Å²) in [6.07, 6.45) is -1.03. The van der Waals surface area contributed by atoms with E-state index in [1.807, 2.05) is 14.1 Å². The monoisotopic (exact) mass is 232 g/mol. The van der Waals surface area contributed by atoms with Gasteiger partial charge >= 0.3 is 5.97 Å². The average Bonchev–Trinajstić information content (AvgIpc) is 2.09. The van der Waals surface area contributed by atoms with Crippen molar-refractivity contribution in [3.8, 4) is 0 Å². The molecule has 0 amide bonds. The number of aliphatic hydroxyl groups excluding tert-OH is 1. The highest BCUT2D eigenvalue weighted by molar-refractivity contribution is 5.67. The van der Waals surface area contributed by atoms with E-state index in [0.717, 1.165) is 6.54 Å². The summed E-state index contributed by atoms with van der Waals surface area (Å²) >= 11 is 0. The fourth-order valence-corrected chi connectivity index (χ4v) is 1.47. The van der Waals surface area contributed by atoms with Crippen molar-refractivity contribution in [2.24, 2.45) is 5.92 Å². The van der Waals surface area contributed by atoms with Crippen LogP contribution in [0, 0.1) is 5.92 Å². The summed E-state index contributed by atoms with van der Waals surface area (Å²) in [5, 5.41) is 21.1. The lowest BCUT2D eigenvalue weighted by atomic mass is 10.0. The van der Waals surface area contributed by atoms with Gasteiger partial charge in [-0.3, -0.25) is 4.79 Å². The Morgan fingerprint density at radius 3 is 2.31 bits per heavy atom. The van der Waals surface area contributed by atoms with Crippen molar-refractivity contribution in [1.29, 1.82) is 0 Å². The second-order valence-corrected chi connectivity index (χ2v) is 4.77. The highest BCUT2D eigenvalue weighted by Gasteiger charge is 2.16. The van der Waals surface area contributed by atoms with Crippen molar-refractivity contribution >= 4 is 5.97 Å². The van der Waals surface area contributed by atoms with Crippen molar-refractivity contribution in [1.82, 2.24) is 10.2 Å². The molecule has 0 bridgehead atoms. The summed E-state index contributed by atoms with van der Waals surface area (Å²) in [4.78, 5) is 12.4. The van der Waals surface area contributed by atoms with E-state index in [0.29, 0.717) is 12.5 Å². The molecule has 2 unspecified atom stereocenters. The number of rotatable bonds is 8. The number of carboxylic acid groups (broad SMARTS) is 1. The second-order valence-electron chi connectivity index (χ2n) is 4.77. The Morgan fingerprint density at radius 2 is 1.94 bits per heavy atom. The second kappa shape index (κ2) is 7.60. The van der Waals surface area contributed by atoms with Crippen molar-refractivity contribution in [2.45, 2.75) is 32.4 Å². The molecule has 0 heterocycles. The molecular weight excluding hydrogens is 208 g/mol. The summed E-state index contributed by atoms with van der Waals surface area (Å²) in [6.45, 7) is 5.40. The predicted molar refractivity (Wildman–Crippen MR) is 63.4 cm³/mol. The number of likely N-dealkylation sites (N-methyl/N-ethyl adjacent to an activating group) is 1. The summed E-state index contributed by atoms with van der Waals surface area (Å²) in [6, 6.07) is 0.262. The van der Waals surface area contributed by atoms with Crippen molar-refractivity contribution < 1.29 is 15.0 Å². The molecule has 0 aromatic rings. The van der Waals surface area contributed by atoms with Gasteiger partial charge in [0.15, 0.2) is 0 Å². The summed E-state index contributed by atoms with van der Waals surface area (Å²) in [5.74, 6) is -0.526. The number of hydrogen-bond donors (Lipinski definition) is 3. The molecule has 96 valence electrons. The minimum Gasteiger partial charge on any atom is -0.481 e. The van der Waals surface area contributed by atoms with Gasteiger partial charge in [-0.2, -0.15) is 0 Å². The number of hydrogen-bond acceptors (Lipinski definition) is 4. The van der Waals surface area contributed by atoms with Gasteiger partial charge in [-0.15, -0.1) is 0 Å². The lowest BCUT2D eigenvalue weighted by molar-refractivity contribution is -0.139. The zero-order valence-corrected chi connectivity index (χ0v) is 10.6. The third-order valence-corrected chi connectivity index (χ3v) is 2.39. The molecule has 0 fully saturated rings. The first-order chi connectivity index (χ1) is 7.32. The summed E-state index contributed by atoms with van der Waals surface area (Å²) in [7, 11) is 3.98. The fourth-order valence-electron chi connectivity index (χ4n) is 1.47. The molecule has 0 rings (SSSR count). The van der Waals surface area contributed by atoms with Crippen LogP contribution in [-0.4, -0.2) is 60.4 Å². The molecule has 0 aromatic carbocycles. The Hall–Kier alpha value is -0.650. The molecule has 2 atom stereocenters. The van der Waals surface area contributed by atoms with Crippen molar-refractivity contribution in [2.75, 3.05) is 27.2 Å². The molecule has 16 heavy (non-hydrogen) atoms. The highest BCUT2D eigenvalue weighted by atomic mass is 16.4. The van der Waals surface area contributed by atoms with E-state index in [1.54, 1.807) is 0 Å². The molecule has 0 aliphatic carbocycles. The smallest absolute Gasteiger partial charge is 0.306 e. The molecule has 0 aliphatic heterocycles. The van der Waals surface area contributed by atoms with E-state index in [2.05, 4.69) is 24.1 Å². The highest BCUT2D eigenvalue weighted by Crippen LogP contribution is 2.03. The van der Waals surface area contributed by atoms with Crippen LogP contribution in [0.15, 0.2) is 0 Å². The predicted octanol–water partition coefficient (Wildman–Crippen LogP) is -0.00220. The largest absolute Gasteiger partial charge is 0.481 e. The van der Waals surface area contributed by atoms with Gasteiger partial charge in [-0.1, -0.05) is 13.8 Å². The lowest BCUT2D eigenvalue weighted by Crippen LogP contribution is -2.45. The maximum atomic E-state index is 10.4. The SMILES string of the molecule is CC(C)C(CN(C)C)NCC(O)CC(=O)O. The molecule has 0 radical (unpaired) electrons. The fraction of sp³-hybridized carbons (Fsp3) is 0.909. The van der Waals surface area contributed by atoms with Gasteiger partial charge in [0.1, 0.15) is 0 Å². The van der Waals surface area contributed by atoms with Crippen LogP contribution >= 0.6 is 0 Å². The molecule has 5 heteroatoms. The Balaban J connectivity index is 3.96. The van der Waals surface area contributed by atoms with Gasteiger partial charge < -0.3 is 20.4 Å². The van der Waals surface area contributed by atoms with E-state index in [-0.39, 0.29) is 12.5 Å². The van der Waals surface area contributed by atoms with Crippen LogP contribution in [0.1, 0.15) is 20.3 Å². The van der Waals surface area contributed by atoms with Gasteiger partial charge in [0.25, 0.3) is 0 Å². The van der Waals surface area contributed by atoms with Crippen LogP contribution in [0.3, 0.4) is 0 Å². The topological polar surface area (TPSA) is 72.8 Å². The Bertz CT molecular complexity index is 207. The van der Waals surface area contributed by atoms with Gasteiger partial charge in [0.05, 0.1) is 12.5 Å². The summed E-state index contributed by atoms with van der Waals surface area (Å²) in [5.41, 5.74) is 0. The molecule has 5 nitrogen and oxygen atoms in total. The molecule has 3 N–H and O–H groups in total. The first-order valence-corrected chi connectivity index (χ1v) is 5.61. The number of aliphatic carboxylic acids is 1. The van der Waals surface area contributed by atoms with Gasteiger partial charge in [0.2, 0.25) is 0 Å². The summed E-state index contributed by atoms with van der Waals surface area (Å²) < 4.78 is 0. The first-order valence-electron chi connectivity index (χ1n) is 5.61. The Kier molecular flexibility index (Phi) is 7.29. The van der Waals surface area contributed by atoms with Crippen molar-refractivity contribution in [3.05, 3.63) is 0 Å². The molecule has 0 aliphatic rings. The van der Waals surface area contributed by atoms with Gasteiger partial charge in [-0.05, 0) is 20.0 Å². The lowest BCUT2D eigenvalue weighted by Gasteiger charge is -2.26. The van der Waals surface area contributed by atoms with E-state index < -0.39 is 12.1 Å². The standard InChI is InChI=1S/C11H24N2O3/c1-8(2)10(7-13(3)4)12-6-9(14)5-11(15)16/h8-10,12,14H,5-7H2,1-4H3,(H,15,16). The quantitative estimate of drug-likeness (QED) is 0.549. The zero-order chi connectivity index (χ0) is 12.7. The van der Waals surface area contributed by atoms with Crippen LogP contribution in [0.5, 0.6) is 0 Å². The molecule has 0 aromatic heterocycles. The zero-order valence-electron chi connectivity index (χ0n) is 10.6. The Morgan fingerprint density at radius 1 is 1.38 bits per heavy atom. The number of carboxylic acids is 1. The van der Waals surface area contributed by atoms with E-state index in [9.17, 15) is 9.90 Å². The molecule has 0 saturated heterocycles. The number of aliphatic hydroxyl groups is 1. The third-order valence-electron chi connectivity index (χ3n) is 2.39. The van der Waals surface area contributed by atoms with Gasteiger partial charge in [0, 0.05) is 19.1 Å². The number of carbonyl (C=O) groups is 1. The molecule has 0 spiro atoms. The maximum absolute atomic E-state index is 10.4. The average molecular weight is 232 g/mol. The van der Waals surface area contributed by atoms with E-state index in [4.69, 9.17) is 5.11 Å². The molecular formula is C11H24N2O3. The minimum atomic E-state index is -0.969. The minimum absolute atomic E-state index is 0.209. The Labute approximate surface area is 97.4 Å².